The van der Waals surface area contributed by atoms with E-state index in [2.05, 4.69) is 26.1 Å². The predicted octanol–water partition coefficient (Wildman–Crippen LogP) is 5.81. The molecular weight excluding hydrogens is 504 g/mol. The number of rotatable bonds is 6. The molecule has 2 aromatic carbocycles. The van der Waals surface area contributed by atoms with Crippen LogP contribution in [0.25, 0.3) is 0 Å². The molecule has 3 aliphatic rings. The standard InChI is InChI=1S/C30H37ClN2O5/c1-30(2,3)24-25(32-16-20-14-22-23(15-21(20)31)38-17-37-22)26(18-10-6-4-7-11-18)33(27(24)29(35)36)28(34)19-12-8-5-9-13-19/h4,6-7,10-11,14-15,19,24-27,32H,5,8-9,12-13,16-17H2,1-3H3,(H,35,36)/t24-,25-,26-,27-/m0/s1. The second-order valence-corrected chi connectivity index (χ2v) is 12.2. The maximum atomic E-state index is 14.2. The molecule has 1 saturated heterocycles. The zero-order chi connectivity index (χ0) is 27.0. The molecule has 2 fully saturated rings. The van der Waals surface area contributed by atoms with E-state index in [9.17, 15) is 14.7 Å². The molecule has 0 aromatic heterocycles. The normalized spacial score (nSPS) is 25.5. The number of carboxylic acids is 1. The average molecular weight is 541 g/mol. The van der Waals surface area contributed by atoms with Gasteiger partial charge in [-0.15, -0.1) is 0 Å². The van der Waals surface area contributed by atoms with Crippen LogP contribution in [0.4, 0.5) is 0 Å². The van der Waals surface area contributed by atoms with Gasteiger partial charge in [-0.2, -0.15) is 0 Å². The fourth-order valence-corrected chi connectivity index (χ4v) is 6.83. The monoisotopic (exact) mass is 540 g/mol. The number of likely N-dealkylation sites (tertiary alicyclic amines) is 1. The van der Waals surface area contributed by atoms with Crippen LogP contribution < -0.4 is 14.8 Å². The first-order chi connectivity index (χ1) is 18.2. The van der Waals surface area contributed by atoms with Crippen LogP contribution in [0.2, 0.25) is 5.02 Å². The Morgan fingerprint density at radius 3 is 2.34 bits per heavy atom. The molecule has 2 aliphatic heterocycles. The van der Waals surface area contributed by atoms with E-state index >= 15 is 0 Å². The van der Waals surface area contributed by atoms with E-state index in [0.717, 1.165) is 43.2 Å². The number of hydrogen-bond donors (Lipinski definition) is 2. The molecule has 1 aliphatic carbocycles. The van der Waals surface area contributed by atoms with Crippen molar-refractivity contribution in [1.82, 2.24) is 10.2 Å². The predicted molar refractivity (Wildman–Crippen MR) is 145 cm³/mol. The molecule has 0 bridgehead atoms. The highest BCUT2D eigenvalue weighted by Crippen LogP contribution is 2.49. The van der Waals surface area contributed by atoms with Gasteiger partial charge in [0.15, 0.2) is 11.5 Å². The molecule has 4 atom stereocenters. The summed E-state index contributed by atoms with van der Waals surface area (Å²) in [5, 5.41) is 14.8. The highest BCUT2D eigenvalue weighted by molar-refractivity contribution is 6.31. The Balaban J connectivity index is 1.56. The quantitative estimate of drug-likeness (QED) is 0.481. The van der Waals surface area contributed by atoms with Gasteiger partial charge in [0.1, 0.15) is 6.04 Å². The number of aliphatic carboxylic acids is 1. The highest BCUT2D eigenvalue weighted by Gasteiger charge is 2.58. The third kappa shape index (κ3) is 5.10. The Morgan fingerprint density at radius 1 is 1.05 bits per heavy atom. The van der Waals surface area contributed by atoms with Gasteiger partial charge in [-0.3, -0.25) is 4.79 Å². The first kappa shape index (κ1) is 26.8. The first-order valence-electron chi connectivity index (χ1n) is 13.6. The summed E-state index contributed by atoms with van der Waals surface area (Å²) in [5.41, 5.74) is 1.37. The van der Waals surface area contributed by atoms with Crippen LogP contribution in [-0.4, -0.2) is 40.8 Å². The molecule has 38 heavy (non-hydrogen) atoms. The minimum absolute atomic E-state index is 0.0365. The number of nitrogens with one attached hydrogen (secondary N) is 1. The fraction of sp³-hybridized carbons (Fsp3) is 0.533. The molecule has 1 amide bonds. The molecule has 7 nitrogen and oxygen atoms in total. The summed E-state index contributed by atoms with van der Waals surface area (Å²) in [6, 6.07) is 11.8. The van der Waals surface area contributed by atoms with Crippen LogP contribution in [0, 0.1) is 17.3 Å². The molecule has 204 valence electrons. The Labute approximate surface area is 229 Å². The van der Waals surface area contributed by atoms with Gasteiger partial charge in [0, 0.05) is 35.5 Å². The fourth-order valence-electron chi connectivity index (χ4n) is 6.61. The molecular formula is C30H37ClN2O5. The van der Waals surface area contributed by atoms with Crippen LogP contribution in [0.1, 0.15) is 70.0 Å². The lowest BCUT2D eigenvalue weighted by Gasteiger charge is -2.36. The molecule has 2 N–H and O–H groups in total. The number of carbonyl (C=O) groups is 2. The molecule has 8 heteroatoms. The zero-order valence-corrected chi connectivity index (χ0v) is 23.0. The second-order valence-electron chi connectivity index (χ2n) is 11.8. The van der Waals surface area contributed by atoms with Gasteiger partial charge >= 0.3 is 5.97 Å². The van der Waals surface area contributed by atoms with Crippen LogP contribution >= 0.6 is 11.6 Å². The number of fused-ring (bicyclic) bond motifs is 1. The molecule has 0 radical (unpaired) electrons. The number of halogens is 1. The SMILES string of the molecule is CC(C)(C)[C@H]1[C@H](NCc2cc3c(cc2Cl)OCO3)[C@H](c2ccccc2)N(C(=O)C2CCCCC2)[C@@H]1C(=O)O. The third-order valence-corrected chi connectivity index (χ3v) is 8.69. The van der Waals surface area contributed by atoms with Gasteiger partial charge in [-0.1, -0.05) is 82.0 Å². The Hall–Kier alpha value is -2.77. The minimum Gasteiger partial charge on any atom is -0.480 e. The lowest BCUT2D eigenvalue weighted by Crippen LogP contribution is -2.49. The van der Waals surface area contributed by atoms with Crippen molar-refractivity contribution >= 4 is 23.5 Å². The van der Waals surface area contributed by atoms with E-state index in [4.69, 9.17) is 21.1 Å². The maximum absolute atomic E-state index is 14.2. The topological polar surface area (TPSA) is 88.1 Å². The lowest BCUT2D eigenvalue weighted by molar-refractivity contribution is -0.154. The van der Waals surface area contributed by atoms with Gasteiger partial charge in [0.05, 0.1) is 6.04 Å². The average Bonchev–Trinajstić information content (AvgIpc) is 3.49. The third-order valence-electron chi connectivity index (χ3n) is 8.34. The van der Waals surface area contributed by atoms with Crippen LogP contribution in [0.3, 0.4) is 0 Å². The van der Waals surface area contributed by atoms with Gasteiger partial charge in [-0.25, -0.2) is 4.79 Å². The van der Waals surface area contributed by atoms with Gasteiger partial charge < -0.3 is 24.8 Å². The van der Waals surface area contributed by atoms with E-state index < -0.39 is 23.5 Å². The maximum Gasteiger partial charge on any atom is 0.326 e. The van der Waals surface area contributed by atoms with Crippen molar-refractivity contribution < 1.29 is 24.2 Å². The number of hydrogen-bond acceptors (Lipinski definition) is 5. The summed E-state index contributed by atoms with van der Waals surface area (Å²) in [7, 11) is 0. The van der Waals surface area contributed by atoms with Gasteiger partial charge in [0.2, 0.25) is 12.7 Å². The van der Waals surface area contributed by atoms with Gasteiger partial charge in [0.25, 0.3) is 0 Å². The molecule has 5 rings (SSSR count). The molecule has 0 spiro atoms. The minimum atomic E-state index is -0.958. The van der Waals surface area contributed by atoms with Crippen LogP contribution in [0.15, 0.2) is 42.5 Å². The Morgan fingerprint density at radius 2 is 1.71 bits per heavy atom. The van der Waals surface area contributed by atoms with E-state index in [1.807, 2.05) is 36.4 Å². The number of carbonyl (C=O) groups excluding carboxylic acids is 1. The van der Waals surface area contributed by atoms with Crippen molar-refractivity contribution in [1.29, 1.82) is 0 Å². The largest absolute Gasteiger partial charge is 0.480 e. The number of ether oxygens (including phenoxy) is 2. The number of benzene rings is 2. The molecule has 2 heterocycles. The number of nitrogens with zero attached hydrogens (tertiary/aromatic N) is 1. The van der Waals surface area contributed by atoms with Crippen molar-refractivity contribution in [2.45, 2.75) is 77.5 Å². The van der Waals surface area contributed by atoms with Crippen LogP contribution in [-0.2, 0) is 16.1 Å². The van der Waals surface area contributed by atoms with E-state index in [1.54, 1.807) is 11.0 Å². The second kappa shape index (κ2) is 10.8. The molecule has 1 saturated carbocycles. The summed E-state index contributed by atoms with van der Waals surface area (Å²) >= 11 is 6.60. The first-order valence-corrected chi connectivity index (χ1v) is 14.0. The summed E-state index contributed by atoms with van der Waals surface area (Å²) in [6.07, 6.45) is 4.76. The molecule has 2 aromatic rings. The van der Waals surface area contributed by atoms with Crippen molar-refractivity contribution in [2.24, 2.45) is 17.3 Å². The summed E-state index contributed by atoms with van der Waals surface area (Å²) in [5.74, 6) is -0.220. The Bertz CT molecular complexity index is 1180. The van der Waals surface area contributed by atoms with E-state index in [-0.39, 0.29) is 30.6 Å². The Kier molecular flexibility index (Phi) is 7.60. The van der Waals surface area contributed by atoms with E-state index in [1.165, 1.54) is 0 Å². The zero-order valence-electron chi connectivity index (χ0n) is 22.3. The van der Waals surface area contributed by atoms with Gasteiger partial charge in [-0.05, 0) is 35.4 Å². The number of carboxylic acid groups (broad SMARTS) is 1. The molecule has 0 unspecified atom stereocenters. The highest BCUT2D eigenvalue weighted by atomic mass is 35.5. The summed E-state index contributed by atoms with van der Waals surface area (Å²) in [6.45, 7) is 6.74. The van der Waals surface area contributed by atoms with E-state index in [0.29, 0.717) is 23.1 Å². The van der Waals surface area contributed by atoms with Crippen LogP contribution in [0.5, 0.6) is 11.5 Å². The van der Waals surface area contributed by atoms with Crippen molar-refractivity contribution in [3.63, 3.8) is 0 Å². The summed E-state index contributed by atoms with van der Waals surface area (Å²) < 4.78 is 11.0. The lowest BCUT2D eigenvalue weighted by atomic mass is 9.72. The smallest absolute Gasteiger partial charge is 0.326 e. The van der Waals surface area contributed by atoms with Crippen molar-refractivity contribution in [2.75, 3.05) is 6.79 Å². The summed E-state index contributed by atoms with van der Waals surface area (Å²) in [4.78, 5) is 28.8. The van der Waals surface area contributed by atoms with Crippen molar-refractivity contribution in [3.05, 3.63) is 58.6 Å². The number of amides is 1. The van der Waals surface area contributed by atoms with Crippen molar-refractivity contribution in [3.8, 4) is 11.5 Å².